The summed E-state index contributed by atoms with van der Waals surface area (Å²) in [4.78, 5) is 10.8. The largest absolute Gasteiger partial charge is 0.481 e. The van der Waals surface area contributed by atoms with Crippen molar-refractivity contribution in [3.63, 3.8) is 0 Å². The molecule has 0 saturated heterocycles. The van der Waals surface area contributed by atoms with Crippen LogP contribution in [0.4, 0.5) is 0 Å². The smallest absolute Gasteiger partial charge is 0.306 e. The van der Waals surface area contributed by atoms with E-state index in [4.69, 9.17) is 5.11 Å². The molecule has 112 valence electrons. The number of hydrogen-bond donors (Lipinski definition) is 3. The Morgan fingerprint density at radius 2 is 1.74 bits per heavy atom. The summed E-state index contributed by atoms with van der Waals surface area (Å²) in [5.41, 5.74) is -0.507. The van der Waals surface area contributed by atoms with Gasteiger partial charge in [0.05, 0.1) is 5.92 Å². The van der Waals surface area contributed by atoms with Crippen molar-refractivity contribution in [2.75, 3.05) is 6.54 Å². The van der Waals surface area contributed by atoms with Gasteiger partial charge < -0.3 is 5.11 Å². The third kappa shape index (κ3) is 6.35. The summed E-state index contributed by atoms with van der Waals surface area (Å²) in [5.74, 6) is -0.777. The molecule has 19 heavy (non-hydrogen) atoms. The normalized spacial score (nSPS) is 25.2. The van der Waals surface area contributed by atoms with Gasteiger partial charge in [-0.25, -0.2) is 4.72 Å². The van der Waals surface area contributed by atoms with Gasteiger partial charge in [-0.15, -0.1) is 0 Å². The summed E-state index contributed by atoms with van der Waals surface area (Å²) in [6.45, 7) is 5.72. The van der Waals surface area contributed by atoms with E-state index in [1.165, 1.54) is 0 Å². The Morgan fingerprint density at radius 1 is 1.21 bits per heavy atom. The zero-order valence-electron chi connectivity index (χ0n) is 11.8. The molecule has 1 saturated carbocycles. The summed E-state index contributed by atoms with van der Waals surface area (Å²) in [6, 6.07) is 0. The minimum absolute atomic E-state index is 0.229. The molecular formula is C12H24N2O4S. The zero-order valence-corrected chi connectivity index (χ0v) is 12.6. The predicted octanol–water partition coefficient (Wildman–Crippen LogP) is 1.10. The Bertz CT molecular complexity index is 406. The molecule has 0 aromatic carbocycles. The van der Waals surface area contributed by atoms with Crippen LogP contribution in [0.15, 0.2) is 0 Å². The molecule has 1 rings (SSSR count). The lowest BCUT2D eigenvalue weighted by atomic mass is 9.82. The molecule has 0 bridgehead atoms. The second-order valence-corrected chi connectivity index (χ2v) is 7.76. The van der Waals surface area contributed by atoms with Crippen LogP contribution < -0.4 is 9.44 Å². The van der Waals surface area contributed by atoms with Crippen LogP contribution in [0.3, 0.4) is 0 Å². The predicted molar refractivity (Wildman–Crippen MR) is 72.9 cm³/mol. The van der Waals surface area contributed by atoms with Gasteiger partial charge in [-0.05, 0) is 52.4 Å². The number of aliphatic carboxylic acids is 1. The maximum absolute atomic E-state index is 11.7. The van der Waals surface area contributed by atoms with Crippen molar-refractivity contribution in [2.24, 2.45) is 11.8 Å². The van der Waals surface area contributed by atoms with E-state index < -0.39 is 21.7 Å². The van der Waals surface area contributed by atoms with Gasteiger partial charge in [-0.1, -0.05) is 0 Å². The van der Waals surface area contributed by atoms with Crippen LogP contribution in [-0.4, -0.2) is 31.6 Å². The first kappa shape index (κ1) is 16.4. The molecule has 1 aliphatic carbocycles. The first-order valence-corrected chi connectivity index (χ1v) is 8.09. The maximum Gasteiger partial charge on any atom is 0.306 e. The van der Waals surface area contributed by atoms with Crippen molar-refractivity contribution in [1.82, 2.24) is 9.44 Å². The molecule has 0 aromatic rings. The number of carboxylic acids is 1. The molecule has 0 atom stereocenters. The first-order valence-electron chi connectivity index (χ1n) is 6.60. The second kappa shape index (κ2) is 6.19. The van der Waals surface area contributed by atoms with E-state index in [-0.39, 0.29) is 11.8 Å². The Morgan fingerprint density at radius 3 is 2.16 bits per heavy atom. The molecule has 0 heterocycles. The minimum atomic E-state index is -3.48. The zero-order chi connectivity index (χ0) is 14.7. The highest BCUT2D eigenvalue weighted by Gasteiger charge is 2.27. The number of rotatable bonds is 5. The molecule has 3 N–H and O–H groups in total. The van der Waals surface area contributed by atoms with Gasteiger partial charge in [0.15, 0.2) is 0 Å². The fraction of sp³-hybridized carbons (Fsp3) is 0.917. The van der Waals surface area contributed by atoms with Crippen molar-refractivity contribution in [3.05, 3.63) is 0 Å². The summed E-state index contributed by atoms with van der Waals surface area (Å²) >= 11 is 0. The third-order valence-electron chi connectivity index (χ3n) is 3.20. The molecule has 0 amide bonds. The van der Waals surface area contributed by atoms with Crippen LogP contribution in [0.25, 0.3) is 0 Å². The molecule has 0 unspecified atom stereocenters. The van der Waals surface area contributed by atoms with Crippen LogP contribution in [0.2, 0.25) is 0 Å². The lowest BCUT2D eigenvalue weighted by molar-refractivity contribution is -0.143. The van der Waals surface area contributed by atoms with Gasteiger partial charge >= 0.3 is 5.97 Å². The fourth-order valence-corrected chi connectivity index (χ4v) is 3.61. The van der Waals surface area contributed by atoms with E-state index in [1.807, 2.05) is 0 Å². The van der Waals surface area contributed by atoms with Crippen molar-refractivity contribution < 1.29 is 18.3 Å². The molecule has 0 radical (unpaired) electrons. The number of carboxylic acid groups (broad SMARTS) is 1. The Labute approximate surface area is 115 Å². The molecule has 0 spiro atoms. The van der Waals surface area contributed by atoms with Crippen molar-refractivity contribution >= 4 is 16.2 Å². The lowest BCUT2D eigenvalue weighted by Gasteiger charge is -2.27. The molecule has 0 aromatic heterocycles. The van der Waals surface area contributed by atoms with Crippen LogP contribution in [0, 0.1) is 11.8 Å². The van der Waals surface area contributed by atoms with Crippen molar-refractivity contribution in [2.45, 2.75) is 52.0 Å². The standard InChI is InChI=1S/C12H24N2O4S/c1-12(2,3)14-19(17,18)13-8-9-4-6-10(7-5-9)11(15)16/h9-10,13-14H,4-8H2,1-3H3,(H,15,16). The minimum Gasteiger partial charge on any atom is -0.481 e. The van der Waals surface area contributed by atoms with E-state index in [0.29, 0.717) is 19.4 Å². The molecule has 1 aliphatic rings. The molecule has 1 fully saturated rings. The van der Waals surface area contributed by atoms with Crippen LogP contribution in [0.5, 0.6) is 0 Å². The first-order chi connectivity index (χ1) is 8.59. The van der Waals surface area contributed by atoms with E-state index in [2.05, 4.69) is 9.44 Å². The number of carbonyl (C=O) groups is 1. The van der Waals surface area contributed by atoms with Gasteiger partial charge in [0.2, 0.25) is 0 Å². The summed E-state index contributed by atoms with van der Waals surface area (Å²) in [5, 5.41) is 8.89. The Balaban J connectivity index is 2.36. The average molecular weight is 292 g/mol. The molecule has 6 nitrogen and oxygen atoms in total. The van der Waals surface area contributed by atoms with Crippen LogP contribution in [-0.2, 0) is 15.0 Å². The van der Waals surface area contributed by atoms with Gasteiger partial charge in [-0.2, -0.15) is 13.1 Å². The molecule has 0 aliphatic heterocycles. The fourth-order valence-electron chi connectivity index (χ4n) is 2.28. The topological polar surface area (TPSA) is 95.5 Å². The quantitative estimate of drug-likeness (QED) is 0.707. The monoisotopic (exact) mass is 292 g/mol. The maximum atomic E-state index is 11.7. The SMILES string of the molecule is CC(C)(C)NS(=O)(=O)NCC1CCC(C(=O)O)CC1. The summed E-state index contributed by atoms with van der Waals surface area (Å²) in [7, 11) is -3.48. The molecule has 7 heteroatoms. The Kier molecular flexibility index (Phi) is 5.34. The van der Waals surface area contributed by atoms with Crippen molar-refractivity contribution in [3.8, 4) is 0 Å². The lowest BCUT2D eigenvalue weighted by Crippen LogP contribution is -2.48. The van der Waals surface area contributed by atoms with E-state index >= 15 is 0 Å². The van der Waals surface area contributed by atoms with Crippen LogP contribution >= 0.6 is 0 Å². The highest BCUT2D eigenvalue weighted by Crippen LogP contribution is 2.28. The average Bonchev–Trinajstić information content (AvgIpc) is 2.24. The van der Waals surface area contributed by atoms with E-state index in [9.17, 15) is 13.2 Å². The highest BCUT2D eigenvalue weighted by molar-refractivity contribution is 7.87. The second-order valence-electron chi connectivity index (χ2n) is 6.26. The van der Waals surface area contributed by atoms with Gasteiger partial charge in [0.1, 0.15) is 0 Å². The summed E-state index contributed by atoms with van der Waals surface area (Å²) < 4.78 is 28.6. The highest BCUT2D eigenvalue weighted by atomic mass is 32.2. The van der Waals surface area contributed by atoms with Gasteiger partial charge in [-0.3, -0.25) is 4.79 Å². The van der Waals surface area contributed by atoms with E-state index in [0.717, 1.165) is 12.8 Å². The summed E-state index contributed by atoms with van der Waals surface area (Å²) in [6.07, 6.45) is 2.78. The van der Waals surface area contributed by atoms with Crippen molar-refractivity contribution in [1.29, 1.82) is 0 Å². The van der Waals surface area contributed by atoms with Gasteiger partial charge in [0, 0.05) is 12.1 Å². The molecular weight excluding hydrogens is 268 g/mol. The Hall–Kier alpha value is -0.660. The van der Waals surface area contributed by atoms with E-state index in [1.54, 1.807) is 20.8 Å². The van der Waals surface area contributed by atoms with Crippen LogP contribution in [0.1, 0.15) is 46.5 Å². The third-order valence-corrected chi connectivity index (χ3v) is 4.63. The van der Waals surface area contributed by atoms with Gasteiger partial charge in [0.25, 0.3) is 10.2 Å². The number of nitrogens with one attached hydrogen (secondary N) is 2. The number of hydrogen-bond acceptors (Lipinski definition) is 3.